The van der Waals surface area contributed by atoms with E-state index in [4.69, 9.17) is 9.47 Å². The van der Waals surface area contributed by atoms with Crippen molar-refractivity contribution in [3.05, 3.63) is 59.7 Å². The third-order valence-electron chi connectivity index (χ3n) is 3.64. The Hall–Kier alpha value is -2.49. The Morgan fingerprint density at radius 1 is 1.09 bits per heavy atom. The van der Waals surface area contributed by atoms with Crippen LogP contribution in [-0.4, -0.2) is 19.6 Å². The number of nitrogens with one attached hydrogen (secondary N) is 1. The molecule has 0 unspecified atom stereocenters. The zero-order valence-corrected chi connectivity index (χ0v) is 14.1. The Morgan fingerprint density at radius 3 is 2.39 bits per heavy atom. The summed E-state index contributed by atoms with van der Waals surface area (Å²) in [6.45, 7) is 5.95. The number of hydrogen-bond donors (Lipinski definition) is 1. The molecule has 0 aliphatic heterocycles. The first-order chi connectivity index (χ1) is 10.9. The van der Waals surface area contributed by atoms with Crippen molar-refractivity contribution in [1.82, 2.24) is 5.32 Å². The van der Waals surface area contributed by atoms with E-state index in [-0.39, 0.29) is 12.5 Å². The molecule has 0 aliphatic carbocycles. The number of carbonyl (C=O) groups excluding carboxylic acids is 1. The summed E-state index contributed by atoms with van der Waals surface area (Å²) in [6, 6.07) is 15.3. The second kappa shape index (κ2) is 7.18. The summed E-state index contributed by atoms with van der Waals surface area (Å²) in [6.07, 6.45) is 0. The van der Waals surface area contributed by atoms with Gasteiger partial charge in [0.1, 0.15) is 11.5 Å². The summed E-state index contributed by atoms with van der Waals surface area (Å²) in [5.41, 5.74) is 1.79. The summed E-state index contributed by atoms with van der Waals surface area (Å²) in [5.74, 6) is 1.13. The van der Waals surface area contributed by atoms with Crippen LogP contribution in [0.1, 0.15) is 25.0 Å². The maximum Gasteiger partial charge on any atom is 0.258 e. The Balaban J connectivity index is 1.94. The predicted octanol–water partition coefficient (Wildman–Crippen LogP) is 3.43. The molecule has 2 rings (SSSR count). The summed E-state index contributed by atoms with van der Waals surface area (Å²) in [4.78, 5) is 12.2. The molecule has 0 saturated heterocycles. The number of hydrogen-bond acceptors (Lipinski definition) is 3. The average Bonchev–Trinajstić information content (AvgIpc) is 2.53. The number of ether oxygens (including phenoxy) is 2. The van der Waals surface area contributed by atoms with Gasteiger partial charge in [-0.1, -0.05) is 35.9 Å². The van der Waals surface area contributed by atoms with Crippen molar-refractivity contribution in [3.8, 4) is 11.5 Å². The van der Waals surface area contributed by atoms with E-state index in [1.54, 1.807) is 19.2 Å². The molecule has 0 atom stereocenters. The third kappa shape index (κ3) is 4.74. The lowest BCUT2D eigenvalue weighted by atomic mass is 9.93. The molecule has 2 aromatic rings. The van der Waals surface area contributed by atoms with Gasteiger partial charge >= 0.3 is 0 Å². The van der Waals surface area contributed by atoms with Crippen LogP contribution in [0.25, 0.3) is 0 Å². The Morgan fingerprint density at radius 2 is 1.74 bits per heavy atom. The molecule has 4 heteroatoms. The van der Waals surface area contributed by atoms with E-state index in [9.17, 15) is 4.79 Å². The van der Waals surface area contributed by atoms with E-state index in [1.807, 2.05) is 57.2 Å². The van der Waals surface area contributed by atoms with Crippen LogP contribution in [0.15, 0.2) is 48.5 Å². The summed E-state index contributed by atoms with van der Waals surface area (Å²) in [5, 5.41) is 3.00. The minimum atomic E-state index is -0.456. The molecule has 23 heavy (non-hydrogen) atoms. The minimum absolute atomic E-state index is 0.0392. The number of amides is 1. The average molecular weight is 313 g/mol. The molecule has 0 heterocycles. The topological polar surface area (TPSA) is 47.6 Å². The van der Waals surface area contributed by atoms with Crippen LogP contribution >= 0.6 is 0 Å². The van der Waals surface area contributed by atoms with Crippen LogP contribution in [-0.2, 0) is 10.3 Å². The van der Waals surface area contributed by atoms with Gasteiger partial charge in [0.2, 0.25) is 0 Å². The first kappa shape index (κ1) is 16.9. The van der Waals surface area contributed by atoms with Crippen molar-refractivity contribution in [1.29, 1.82) is 0 Å². The predicted molar refractivity (Wildman–Crippen MR) is 90.8 cm³/mol. The van der Waals surface area contributed by atoms with Crippen LogP contribution in [0.3, 0.4) is 0 Å². The summed E-state index contributed by atoms with van der Waals surface area (Å²) < 4.78 is 10.6. The molecule has 0 bridgehead atoms. The molecule has 0 radical (unpaired) electrons. The number of aryl methyl sites for hydroxylation is 1. The lowest BCUT2D eigenvalue weighted by molar-refractivity contribution is -0.124. The largest absolute Gasteiger partial charge is 0.497 e. The van der Waals surface area contributed by atoms with E-state index in [1.165, 1.54) is 5.56 Å². The fraction of sp³-hybridized carbons (Fsp3) is 0.316. The molecule has 0 aromatic heterocycles. The van der Waals surface area contributed by atoms with Crippen LogP contribution in [0.2, 0.25) is 0 Å². The molecule has 1 amide bonds. The van der Waals surface area contributed by atoms with Gasteiger partial charge in [-0.2, -0.15) is 0 Å². The maximum absolute atomic E-state index is 12.2. The molecular formula is C19H23NO3. The fourth-order valence-electron chi connectivity index (χ4n) is 2.27. The van der Waals surface area contributed by atoms with Crippen LogP contribution < -0.4 is 14.8 Å². The Kier molecular flexibility index (Phi) is 5.27. The highest BCUT2D eigenvalue weighted by Gasteiger charge is 2.22. The highest BCUT2D eigenvalue weighted by Crippen LogP contribution is 2.21. The summed E-state index contributed by atoms with van der Waals surface area (Å²) >= 11 is 0. The highest BCUT2D eigenvalue weighted by molar-refractivity contribution is 5.78. The van der Waals surface area contributed by atoms with Gasteiger partial charge in [-0.25, -0.2) is 0 Å². The van der Waals surface area contributed by atoms with E-state index in [0.29, 0.717) is 11.5 Å². The van der Waals surface area contributed by atoms with Gasteiger partial charge in [0.25, 0.3) is 5.91 Å². The lowest BCUT2D eigenvalue weighted by Crippen LogP contribution is -2.43. The van der Waals surface area contributed by atoms with Gasteiger partial charge in [0.15, 0.2) is 6.61 Å². The zero-order chi connectivity index (χ0) is 16.9. The van der Waals surface area contributed by atoms with Crippen molar-refractivity contribution in [2.75, 3.05) is 13.7 Å². The van der Waals surface area contributed by atoms with Crippen LogP contribution in [0, 0.1) is 6.92 Å². The smallest absolute Gasteiger partial charge is 0.258 e. The highest BCUT2D eigenvalue weighted by atomic mass is 16.5. The molecule has 4 nitrogen and oxygen atoms in total. The summed E-state index contributed by atoms with van der Waals surface area (Å²) in [7, 11) is 1.59. The van der Waals surface area contributed by atoms with E-state index < -0.39 is 5.54 Å². The molecule has 0 fully saturated rings. The van der Waals surface area contributed by atoms with Crippen molar-refractivity contribution in [3.63, 3.8) is 0 Å². The quantitative estimate of drug-likeness (QED) is 0.889. The van der Waals surface area contributed by atoms with Crippen LogP contribution in [0.4, 0.5) is 0 Å². The van der Waals surface area contributed by atoms with E-state index in [0.717, 1.165) is 5.56 Å². The second-order valence-corrected chi connectivity index (χ2v) is 6.01. The van der Waals surface area contributed by atoms with E-state index in [2.05, 4.69) is 5.32 Å². The SMILES string of the molecule is COc1cccc(OCC(=O)NC(C)(C)c2ccc(C)cc2)c1. The number of carbonyl (C=O) groups is 1. The lowest BCUT2D eigenvalue weighted by Gasteiger charge is -2.27. The number of methoxy groups -OCH3 is 1. The second-order valence-electron chi connectivity index (χ2n) is 6.01. The number of benzene rings is 2. The monoisotopic (exact) mass is 313 g/mol. The Labute approximate surface area is 137 Å². The van der Waals surface area contributed by atoms with Crippen LogP contribution in [0.5, 0.6) is 11.5 Å². The van der Waals surface area contributed by atoms with E-state index >= 15 is 0 Å². The Bertz CT molecular complexity index is 663. The fourth-order valence-corrected chi connectivity index (χ4v) is 2.27. The number of rotatable bonds is 6. The maximum atomic E-state index is 12.2. The molecule has 2 aromatic carbocycles. The van der Waals surface area contributed by atoms with Gasteiger partial charge in [-0.05, 0) is 38.5 Å². The van der Waals surface area contributed by atoms with Crippen molar-refractivity contribution < 1.29 is 14.3 Å². The molecule has 0 aliphatic rings. The normalized spacial score (nSPS) is 11.0. The minimum Gasteiger partial charge on any atom is -0.497 e. The molecule has 122 valence electrons. The van der Waals surface area contributed by atoms with Crippen molar-refractivity contribution in [2.24, 2.45) is 0 Å². The third-order valence-corrected chi connectivity index (χ3v) is 3.64. The van der Waals surface area contributed by atoms with Gasteiger partial charge in [0, 0.05) is 6.07 Å². The van der Waals surface area contributed by atoms with Gasteiger partial charge in [0.05, 0.1) is 12.6 Å². The first-order valence-electron chi connectivity index (χ1n) is 7.56. The molecule has 0 saturated carbocycles. The van der Waals surface area contributed by atoms with Gasteiger partial charge in [-0.3, -0.25) is 4.79 Å². The molecular weight excluding hydrogens is 290 g/mol. The van der Waals surface area contributed by atoms with Crippen molar-refractivity contribution >= 4 is 5.91 Å². The van der Waals surface area contributed by atoms with Gasteiger partial charge < -0.3 is 14.8 Å². The first-order valence-corrected chi connectivity index (χ1v) is 7.56. The van der Waals surface area contributed by atoms with Gasteiger partial charge in [-0.15, -0.1) is 0 Å². The molecule has 1 N–H and O–H groups in total. The van der Waals surface area contributed by atoms with Crippen molar-refractivity contribution in [2.45, 2.75) is 26.3 Å². The standard InChI is InChI=1S/C19H23NO3/c1-14-8-10-15(11-9-14)19(2,3)20-18(21)13-23-17-7-5-6-16(12-17)22-4/h5-12H,13H2,1-4H3,(H,20,21). The zero-order valence-electron chi connectivity index (χ0n) is 14.1. The molecule has 0 spiro atoms.